The van der Waals surface area contributed by atoms with Gasteiger partial charge in [-0.1, -0.05) is 13.2 Å². The first kappa shape index (κ1) is 21.4. The lowest BCUT2D eigenvalue weighted by molar-refractivity contribution is -0.156. The maximum atomic E-state index is 11.4. The summed E-state index contributed by atoms with van der Waals surface area (Å²) >= 11 is 0. The van der Waals surface area contributed by atoms with E-state index in [0.717, 1.165) is 0 Å². The molecule has 0 radical (unpaired) electrons. The molecule has 8 heteroatoms. The van der Waals surface area contributed by atoms with Crippen molar-refractivity contribution in [3.05, 3.63) is 36.5 Å². The van der Waals surface area contributed by atoms with Crippen LogP contribution in [0.1, 0.15) is 25.7 Å². The van der Waals surface area contributed by atoms with E-state index in [0.29, 0.717) is 25.0 Å². The highest BCUT2D eigenvalue weighted by atomic mass is 16.6. The molecule has 0 aromatic heterocycles. The zero-order chi connectivity index (χ0) is 18.5. The van der Waals surface area contributed by atoms with Crippen molar-refractivity contribution in [2.75, 3.05) is 13.2 Å². The molecule has 0 fully saturated rings. The summed E-state index contributed by atoms with van der Waals surface area (Å²) in [5.41, 5.74) is 0.00692. The van der Waals surface area contributed by atoms with Gasteiger partial charge in [-0.05, 0) is 25.7 Å². The Balaban J connectivity index is 4.32. The van der Waals surface area contributed by atoms with E-state index in [1.807, 2.05) is 0 Å². The molecule has 0 atom stereocenters. The Bertz CT molecular complexity index is 496. The maximum Gasteiger partial charge on any atom is 0.341 e. The molecule has 0 amide bonds. The topological polar surface area (TPSA) is 127 Å². The number of hydrogen-bond donors (Lipinski definition) is 2. The fourth-order valence-electron chi connectivity index (χ4n) is 1.32. The molecule has 0 saturated carbocycles. The van der Waals surface area contributed by atoms with Gasteiger partial charge in [-0.25, -0.2) is 19.2 Å². The van der Waals surface area contributed by atoms with E-state index in [2.05, 4.69) is 22.6 Å². The Morgan fingerprint density at radius 3 is 1.38 bits per heavy atom. The van der Waals surface area contributed by atoms with Crippen molar-refractivity contribution >= 4 is 23.9 Å². The second kappa shape index (κ2) is 11.9. The summed E-state index contributed by atoms with van der Waals surface area (Å²) in [7, 11) is 0. The normalized spacial score (nSPS) is 10.2. The van der Waals surface area contributed by atoms with Crippen LogP contribution >= 0.6 is 0 Å². The van der Waals surface area contributed by atoms with Crippen LogP contribution in [0.4, 0.5) is 0 Å². The number of hydrogen-bond acceptors (Lipinski definition) is 8. The molecule has 132 valence electrons. The van der Waals surface area contributed by atoms with Crippen LogP contribution in [-0.4, -0.2) is 47.3 Å². The SMILES string of the molecule is C=C(CCCO)C(=O)OC(=O)/C=C\C(=O)OC(=O)C(=C)CCCO. The van der Waals surface area contributed by atoms with Crippen molar-refractivity contribution in [3.8, 4) is 0 Å². The van der Waals surface area contributed by atoms with E-state index in [1.54, 1.807) is 0 Å². The van der Waals surface area contributed by atoms with Crippen LogP contribution in [0.15, 0.2) is 36.5 Å². The van der Waals surface area contributed by atoms with Crippen LogP contribution in [-0.2, 0) is 28.7 Å². The van der Waals surface area contributed by atoms with Crippen molar-refractivity contribution in [1.82, 2.24) is 0 Å². The van der Waals surface area contributed by atoms with E-state index in [-0.39, 0.29) is 37.2 Å². The van der Waals surface area contributed by atoms with Gasteiger partial charge in [0.2, 0.25) is 0 Å². The standard InChI is InChI=1S/C16H20O8/c1-11(5-3-9-17)15(21)23-13(19)7-8-14(20)24-16(22)12(2)6-4-10-18/h7-8,17-18H,1-6,9-10H2/b8-7-. The van der Waals surface area contributed by atoms with Gasteiger partial charge in [0.25, 0.3) is 0 Å². The van der Waals surface area contributed by atoms with Crippen molar-refractivity contribution < 1.29 is 38.9 Å². The van der Waals surface area contributed by atoms with E-state index in [9.17, 15) is 19.2 Å². The summed E-state index contributed by atoms with van der Waals surface area (Å²) in [6.07, 6.45) is 2.18. The minimum absolute atomic E-state index is 0.00346. The highest BCUT2D eigenvalue weighted by molar-refractivity contribution is 6.03. The summed E-state index contributed by atoms with van der Waals surface area (Å²) in [5.74, 6) is -4.21. The minimum Gasteiger partial charge on any atom is -0.396 e. The van der Waals surface area contributed by atoms with Crippen LogP contribution in [0, 0.1) is 0 Å². The fraction of sp³-hybridized carbons (Fsp3) is 0.375. The Morgan fingerprint density at radius 2 is 1.08 bits per heavy atom. The van der Waals surface area contributed by atoms with Crippen LogP contribution in [0.25, 0.3) is 0 Å². The number of ether oxygens (including phenoxy) is 2. The molecular weight excluding hydrogens is 320 g/mol. The average Bonchev–Trinajstić information content (AvgIpc) is 2.55. The second-order valence-corrected chi connectivity index (χ2v) is 4.61. The summed E-state index contributed by atoms with van der Waals surface area (Å²) < 4.78 is 8.76. The average molecular weight is 340 g/mol. The summed E-state index contributed by atoms with van der Waals surface area (Å²) in [6.45, 7) is 6.53. The quantitative estimate of drug-likeness (QED) is 0.331. The summed E-state index contributed by atoms with van der Waals surface area (Å²) in [6, 6.07) is 0. The minimum atomic E-state index is -1.13. The molecule has 0 aliphatic heterocycles. The Morgan fingerprint density at radius 1 is 0.750 bits per heavy atom. The molecule has 0 spiro atoms. The molecule has 0 aromatic rings. The Kier molecular flexibility index (Phi) is 10.6. The molecule has 0 aliphatic carbocycles. The number of esters is 4. The maximum absolute atomic E-state index is 11.4. The monoisotopic (exact) mass is 340 g/mol. The first-order valence-corrected chi connectivity index (χ1v) is 7.09. The molecule has 0 bridgehead atoms. The molecule has 0 aliphatic rings. The van der Waals surface area contributed by atoms with Gasteiger partial charge in [0.15, 0.2) is 0 Å². The fourth-order valence-corrected chi connectivity index (χ4v) is 1.32. The molecule has 0 aromatic carbocycles. The lowest BCUT2D eigenvalue weighted by Gasteiger charge is -2.03. The Hall–Kier alpha value is -2.58. The first-order valence-electron chi connectivity index (χ1n) is 7.09. The van der Waals surface area contributed by atoms with Gasteiger partial charge < -0.3 is 19.7 Å². The van der Waals surface area contributed by atoms with E-state index < -0.39 is 23.9 Å². The first-order chi connectivity index (χ1) is 11.3. The van der Waals surface area contributed by atoms with Crippen molar-refractivity contribution in [3.63, 3.8) is 0 Å². The number of carbonyl (C=O) groups excluding carboxylic acids is 4. The molecule has 0 heterocycles. The Labute approximate surface area is 139 Å². The van der Waals surface area contributed by atoms with Gasteiger partial charge in [0, 0.05) is 36.5 Å². The van der Waals surface area contributed by atoms with E-state index in [4.69, 9.17) is 10.2 Å². The lowest BCUT2D eigenvalue weighted by Crippen LogP contribution is -2.14. The molecular formula is C16H20O8. The number of aliphatic hydroxyl groups excluding tert-OH is 2. The van der Waals surface area contributed by atoms with Crippen molar-refractivity contribution in [2.24, 2.45) is 0 Å². The highest BCUT2D eigenvalue weighted by Crippen LogP contribution is 2.06. The summed E-state index contributed by atoms with van der Waals surface area (Å²) in [4.78, 5) is 45.5. The van der Waals surface area contributed by atoms with Gasteiger partial charge in [0.1, 0.15) is 0 Å². The third kappa shape index (κ3) is 9.44. The number of aliphatic hydroxyl groups is 2. The molecule has 2 N–H and O–H groups in total. The molecule has 0 saturated heterocycles. The van der Waals surface area contributed by atoms with Crippen LogP contribution in [0.5, 0.6) is 0 Å². The van der Waals surface area contributed by atoms with Gasteiger partial charge >= 0.3 is 23.9 Å². The zero-order valence-electron chi connectivity index (χ0n) is 13.2. The third-order valence-corrected chi connectivity index (χ3v) is 2.59. The van der Waals surface area contributed by atoms with Crippen molar-refractivity contribution in [2.45, 2.75) is 25.7 Å². The largest absolute Gasteiger partial charge is 0.396 e. The molecule has 0 unspecified atom stereocenters. The number of carbonyl (C=O) groups is 4. The number of rotatable bonds is 10. The molecule has 24 heavy (non-hydrogen) atoms. The van der Waals surface area contributed by atoms with Crippen LogP contribution in [0.2, 0.25) is 0 Å². The summed E-state index contributed by atoms with van der Waals surface area (Å²) in [5, 5.41) is 17.2. The van der Waals surface area contributed by atoms with Crippen LogP contribution in [0.3, 0.4) is 0 Å². The lowest BCUT2D eigenvalue weighted by atomic mass is 10.2. The van der Waals surface area contributed by atoms with E-state index in [1.165, 1.54) is 0 Å². The van der Waals surface area contributed by atoms with Crippen LogP contribution < -0.4 is 0 Å². The van der Waals surface area contributed by atoms with Gasteiger partial charge in [-0.3, -0.25) is 0 Å². The van der Waals surface area contributed by atoms with Gasteiger partial charge in [0.05, 0.1) is 0 Å². The predicted octanol–water partition coefficient (Wildman–Crippen LogP) is 0.340. The highest BCUT2D eigenvalue weighted by Gasteiger charge is 2.14. The van der Waals surface area contributed by atoms with Gasteiger partial charge in [-0.15, -0.1) is 0 Å². The molecule has 8 nitrogen and oxygen atoms in total. The smallest absolute Gasteiger partial charge is 0.341 e. The zero-order valence-corrected chi connectivity index (χ0v) is 13.2. The second-order valence-electron chi connectivity index (χ2n) is 4.61. The van der Waals surface area contributed by atoms with Crippen molar-refractivity contribution in [1.29, 1.82) is 0 Å². The third-order valence-electron chi connectivity index (χ3n) is 2.59. The van der Waals surface area contributed by atoms with E-state index >= 15 is 0 Å². The predicted molar refractivity (Wildman–Crippen MR) is 82.3 cm³/mol. The van der Waals surface area contributed by atoms with Gasteiger partial charge in [-0.2, -0.15) is 0 Å². The molecule has 0 rings (SSSR count).